The summed E-state index contributed by atoms with van der Waals surface area (Å²) in [7, 11) is 0. The van der Waals surface area contributed by atoms with E-state index in [1.807, 2.05) is 18.2 Å². The molecule has 1 atom stereocenters. The van der Waals surface area contributed by atoms with Gasteiger partial charge in [0.2, 0.25) is 0 Å². The molecule has 0 bridgehead atoms. The van der Waals surface area contributed by atoms with Gasteiger partial charge >= 0.3 is 0 Å². The summed E-state index contributed by atoms with van der Waals surface area (Å²) in [6.07, 6.45) is 1.15. The van der Waals surface area contributed by atoms with Crippen molar-refractivity contribution in [1.29, 1.82) is 0 Å². The van der Waals surface area contributed by atoms with Crippen molar-refractivity contribution >= 4 is 0 Å². The molecule has 0 aliphatic heterocycles. The molecule has 2 aromatic carbocycles. The summed E-state index contributed by atoms with van der Waals surface area (Å²) in [5, 5.41) is 0. The Balaban J connectivity index is 2.11. The largest absolute Gasteiger partial charge is 0.493 e. The van der Waals surface area contributed by atoms with Gasteiger partial charge in [0, 0.05) is 0 Å². The van der Waals surface area contributed by atoms with E-state index in [1.165, 1.54) is 11.1 Å². The average Bonchev–Trinajstić information content (AvgIpc) is 2.46. The molecule has 0 aliphatic rings. The van der Waals surface area contributed by atoms with E-state index in [2.05, 4.69) is 50.2 Å². The Bertz CT molecular complexity index is 476. The summed E-state index contributed by atoms with van der Waals surface area (Å²) in [5.41, 5.74) is 2.43. The Morgan fingerprint density at radius 2 is 1.67 bits per heavy atom. The van der Waals surface area contributed by atoms with E-state index in [1.54, 1.807) is 0 Å². The minimum atomic E-state index is 0.602. The lowest BCUT2D eigenvalue weighted by Gasteiger charge is -2.12. The first kappa shape index (κ1) is 12.7. The second-order valence-electron chi connectivity index (χ2n) is 4.72. The Hall–Kier alpha value is -1.76. The number of hydrogen-bond donors (Lipinski definition) is 0. The van der Waals surface area contributed by atoms with Crippen LogP contribution in [0.2, 0.25) is 0 Å². The fourth-order valence-corrected chi connectivity index (χ4v) is 1.75. The molecular weight excluding hydrogens is 220 g/mol. The monoisotopic (exact) mass is 240 g/mol. The Morgan fingerprint density at radius 1 is 0.944 bits per heavy atom. The molecule has 0 aliphatic carbocycles. The normalized spacial score (nSPS) is 12.1. The zero-order chi connectivity index (χ0) is 12.8. The Kier molecular flexibility index (Phi) is 4.40. The second kappa shape index (κ2) is 6.25. The van der Waals surface area contributed by atoms with Crippen molar-refractivity contribution in [2.45, 2.75) is 20.3 Å². The SMILES string of the molecule is CCC(C)COc1cccc(-c2ccccc2)c1. The van der Waals surface area contributed by atoms with Crippen molar-refractivity contribution in [2.24, 2.45) is 5.92 Å². The molecule has 18 heavy (non-hydrogen) atoms. The van der Waals surface area contributed by atoms with Crippen molar-refractivity contribution in [1.82, 2.24) is 0 Å². The lowest BCUT2D eigenvalue weighted by Crippen LogP contribution is -2.07. The van der Waals surface area contributed by atoms with Crippen LogP contribution >= 0.6 is 0 Å². The molecule has 94 valence electrons. The van der Waals surface area contributed by atoms with Gasteiger partial charge in [-0.15, -0.1) is 0 Å². The molecule has 0 amide bonds. The molecule has 0 saturated heterocycles. The van der Waals surface area contributed by atoms with E-state index < -0.39 is 0 Å². The summed E-state index contributed by atoms with van der Waals surface area (Å²) in [4.78, 5) is 0. The minimum absolute atomic E-state index is 0.602. The van der Waals surface area contributed by atoms with Crippen molar-refractivity contribution < 1.29 is 4.74 Å². The van der Waals surface area contributed by atoms with Gasteiger partial charge in [-0.25, -0.2) is 0 Å². The first-order valence-electron chi connectivity index (χ1n) is 6.58. The van der Waals surface area contributed by atoms with Gasteiger partial charge in [0.15, 0.2) is 0 Å². The van der Waals surface area contributed by atoms with Crippen LogP contribution in [0.1, 0.15) is 20.3 Å². The highest BCUT2D eigenvalue weighted by Crippen LogP contribution is 2.23. The van der Waals surface area contributed by atoms with E-state index in [0.29, 0.717) is 5.92 Å². The van der Waals surface area contributed by atoms with Crippen LogP contribution in [0.3, 0.4) is 0 Å². The van der Waals surface area contributed by atoms with Gasteiger partial charge in [-0.3, -0.25) is 0 Å². The fourth-order valence-electron chi connectivity index (χ4n) is 1.75. The standard InChI is InChI=1S/C17H20O/c1-3-14(2)13-18-17-11-7-10-16(12-17)15-8-5-4-6-9-15/h4-12,14H,3,13H2,1-2H3. The van der Waals surface area contributed by atoms with Crippen molar-refractivity contribution in [3.8, 4) is 16.9 Å². The third kappa shape index (κ3) is 3.36. The first-order chi connectivity index (χ1) is 8.79. The van der Waals surface area contributed by atoms with Gasteiger partial charge in [-0.1, -0.05) is 62.7 Å². The van der Waals surface area contributed by atoms with Crippen molar-refractivity contribution in [2.75, 3.05) is 6.61 Å². The molecular formula is C17H20O. The Morgan fingerprint density at radius 3 is 2.39 bits per heavy atom. The molecule has 0 N–H and O–H groups in total. The van der Waals surface area contributed by atoms with Crippen molar-refractivity contribution in [3.05, 3.63) is 54.6 Å². The molecule has 2 aromatic rings. The molecule has 0 heterocycles. The van der Waals surface area contributed by atoms with E-state index >= 15 is 0 Å². The lowest BCUT2D eigenvalue weighted by molar-refractivity contribution is 0.256. The highest BCUT2D eigenvalue weighted by molar-refractivity contribution is 5.64. The topological polar surface area (TPSA) is 9.23 Å². The number of benzene rings is 2. The van der Waals surface area contributed by atoms with Gasteiger partial charge in [-0.2, -0.15) is 0 Å². The molecule has 0 aromatic heterocycles. The third-order valence-electron chi connectivity index (χ3n) is 3.17. The van der Waals surface area contributed by atoms with Crippen LogP contribution in [0.5, 0.6) is 5.75 Å². The summed E-state index contributed by atoms with van der Waals surface area (Å²) < 4.78 is 5.82. The summed E-state index contributed by atoms with van der Waals surface area (Å²) in [6, 6.07) is 18.7. The predicted molar refractivity (Wildman–Crippen MR) is 76.8 cm³/mol. The molecule has 0 saturated carbocycles. The summed E-state index contributed by atoms with van der Waals surface area (Å²) in [6.45, 7) is 5.18. The highest BCUT2D eigenvalue weighted by Gasteiger charge is 2.02. The second-order valence-corrected chi connectivity index (χ2v) is 4.72. The van der Waals surface area contributed by atoms with Crippen LogP contribution in [0.25, 0.3) is 11.1 Å². The summed E-state index contributed by atoms with van der Waals surface area (Å²) in [5.74, 6) is 1.56. The smallest absolute Gasteiger partial charge is 0.119 e. The zero-order valence-corrected chi connectivity index (χ0v) is 11.1. The quantitative estimate of drug-likeness (QED) is 0.731. The molecule has 1 unspecified atom stereocenters. The molecule has 2 rings (SSSR count). The van der Waals surface area contributed by atoms with E-state index in [-0.39, 0.29) is 0 Å². The maximum Gasteiger partial charge on any atom is 0.119 e. The maximum atomic E-state index is 5.82. The molecule has 1 nitrogen and oxygen atoms in total. The Labute approximate surface area is 109 Å². The van der Waals surface area contributed by atoms with Gasteiger partial charge in [0.25, 0.3) is 0 Å². The average molecular weight is 240 g/mol. The van der Waals surface area contributed by atoms with Crippen LogP contribution in [0.4, 0.5) is 0 Å². The highest BCUT2D eigenvalue weighted by atomic mass is 16.5. The van der Waals surface area contributed by atoms with Crippen LogP contribution < -0.4 is 4.74 Å². The van der Waals surface area contributed by atoms with Crippen LogP contribution in [-0.4, -0.2) is 6.61 Å². The number of hydrogen-bond acceptors (Lipinski definition) is 1. The van der Waals surface area contributed by atoms with E-state index in [9.17, 15) is 0 Å². The van der Waals surface area contributed by atoms with Crippen molar-refractivity contribution in [3.63, 3.8) is 0 Å². The maximum absolute atomic E-state index is 5.82. The van der Waals surface area contributed by atoms with Crippen LogP contribution in [-0.2, 0) is 0 Å². The van der Waals surface area contributed by atoms with Gasteiger partial charge in [0.05, 0.1) is 6.61 Å². The predicted octanol–water partition coefficient (Wildman–Crippen LogP) is 4.78. The van der Waals surface area contributed by atoms with E-state index in [0.717, 1.165) is 18.8 Å². The van der Waals surface area contributed by atoms with Gasteiger partial charge in [0.1, 0.15) is 5.75 Å². The van der Waals surface area contributed by atoms with Gasteiger partial charge in [-0.05, 0) is 29.2 Å². The first-order valence-corrected chi connectivity index (χ1v) is 6.58. The molecule has 0 spiro atoms. The minimum Gasteiger partial charge on any atom is -0.493 e. The van der Waals surface area contributed by atoms with Crippen LogP contribution in [0, 0.1) is 5.92 Å². The van der Waals surface area contributed by atoms with Crippen LogP contribution in [0.15, 0.2) is 54.6 Å². The third-order valence-corrected chi connectivity index (χ3v) is 3.17. The fraction of sp³-hybridized carbons (Fsp3) is 0.294. The molecule has 1 heteroatoms. The molecule has 0 radical (unpaired) electrons. The van der Waals surface area contributed by atoms with E-state index in [4.69, 9.17) is 4.74 Å². The number of ether oxygens (including phenoxy) is 1. The number of rotatable bonds is 5. The lowest BCUT2D eigenvalue weighted by atomic mass is 10.1. The summed E-state index contributed by atoms with van der Waals surface area (Å²) >= 11 is 0. The zero-order valence-electron chi connectivity index (χ0n) is 11.1. The van der Waals surface area contributed by atoms with Gasteiger partial charge < -0.3 is 4.74 Å². The molecule has 0 fully saturated rings.